The molecule has 0 radical (unpaired) electrons. The van der Waals surface area contributed by atoms with Crippen LogP contribution < -0.4 is 22.1 Å². The van der Waals surface area contributed by atoms with Crippen LogP contribution in [0, 0.1) is 6.92 Å². The Kier molecular flexibility index (Phi) is 5.96. The molecule has 29 heavy (non-hydrogen) atoms. The zero-order valence-electron chi connectivity index (χ0n) is 16.8. The monoisotopic (exact) mass is 434 g/mol. The van der Waals surface area contributed by atoms with Crippen LogP contribution in [0.15, 0.2) is 9.59 Å². The number of hydrogen-bond donors (Lipinski definition) is 2. The van der Waals surface area contributed by atoms with Crippen LogP contribution in [0.1, 0.15) is 50.1 Å². The van der Waals surface area contributed by atoms with Gasteiger partial charge in [-0.05, 0) is 46.1 Å². The predicted molar refractivity (Wildman–Crippen MR) is 105 cm³/mol. The van der Waals surface area contributed by atoms with E-state index in [4.69, 9.17) is 0 Å². The van der Waals surface area contributed by atoms with Crippen molar-refractivity contribution in [2.24, 2.45) is 0 Å². The molecule has 0 bridgehead atoms. The van der Waals surface area contributed by atoms with Crippen LogP contribution in [0.4, 0.5) is 13.2 Å². The number of aromatic nitrogens is 2. The fraction of sp³-hybridized carbons (Fsp3) is 0.667. The van der Waals surface area contributed by atoms with Gasteiger partial charge in [0, 0.05) is 23.0 Å². The number of fused-ring (bicyclic) bond motifs is 1. The van der Waals surface area contributed by atoms with E-state index in [1.54, 1.807) is 6.92 Å². The summed E-state index contributed by atoms with van der Waals surface area (Å²) in [6, 6.07) is -0.183. The first-order chi connectivity index (χ1) is 13.4. The van der Waals surface area contributed by atoms with Crippen molar-refractivity contribution in [1.29, 1.82) is 0 Å². The minimum Gasteiger partial charge on any atom is -0.290 e. The number of halogens is 3. The van der Waals surface area contributed by atoms with Gasteiger partial charge >= 0.3 is 12.1 Å². The van der Waals surface area contributed by atoms with Crippen molar-refractivity contribution in [2.45, 2.75) is 71.6 Å². The van der Waals surface area contributed by atoms with E-state index in [9.17, 15) is 22.8 Å². The number of thiophene rings is 1. The van der Waals surface area contributed by atoms with Gasteiger partial charge in [-0.1, -0.05) is 0 Å². The third kappa shape index (κ3) is 5.08. The van der Waals surface area contributed by atoms with Crippen molar-refractivity contribution >= 4 is 21.6 Å². The first kappa shape index (κ1) is 22.0. The standard InChI is InChI=1S/C18H25F3N4O3S/c1-10-12(9-22-23-17(2,3)4)29-15-13(10)14(26)25(11-5-6-11)16(27)24(15)7-8-28-18(19,20)21/h11,22-23H,5-9H2,1-4H3. The number of nitrogens with one attached hydrogen (secondary N) is 2. The highest BCUT2D eigenvalue weighted by molar-refractivity contribution is 7.18. The lowest BCUT2D eigenvalue weighted by Gasteiger charge is -2.20. The zero-order valence-corrected chi connectivity index (χ0v) is 17.6. The predicted octanol–water partition coefficient (Wildman–Crippen LogP) is 2.80. The highest BCUT2D eigenvalue weighted by Crippen LogP contribution is 2.34. The smallest absolute Gasteiger partial charge is 0.290 e. The Hall–Kier alpha value is -1.69. The fourth-order valence-corrected chi connectivity index (χ4v) is 4.33. The Balaban J connectivity index is 2.02. The van der Waals surface area contributed by atoms with Crippen molar-refractivity contribution in [3.05, 3.63) is 31.3 Å². The van der Waals surface area contributed by atoms with Gasteiger partial charge in [0.2, 0.25) is 0 Å². The summed E-state index contributed by atoms with van der Waals surface area (Å²) in [4.78, 5) is 27.1. The molecular weight excluding hydrogens is 409 g/mol. The molecule has 3 rings (SSSR count). The van der Waals surface area contributed by atoms with E-state index in [0.717, 1.165) is 10.4 Å². The van der Waals surface area contributed by atoms with Gasteiger partial charge in [0.25, 0.3) is 5.56 Å². The topological polar surface area (TPSA) is 77.3 Å². The van der Waals surface area contributed by atoms with Crippen LogP contribution in [0.25, 0.3) is 10.2 Å². The Morgan fingerprint density at radius 2 is 1.86 bits per heavy atom. The number of hydrazine groups is 1. The van der Waals surface area contributed by atoms with E-state index in [0.29, 0.717) is 29.6 Å². The second-order valence-electron chi connectivity index (χ2n) is 8.19. The molecule has 0 unspecified atom stereocenters. The summed E-state index contributed by atoms with van der Waals surface area (Å²) < 4.78 is 43.4. The highest BCUT2D eigenvalue weighted by Gasteiger charge is 2.32. The molecule has 2 aromatic rings. The molecule has 1 saturated carbocycles. The Morgan fingerprint density at radius 3 is 2.41 bits per heavy atom. The van der Waals surface area contributed by atoms with Gasteiger partial charge in [-0.15, -0.1) is 24.5 Å². The third-order valence-corrected chi connectivity index (χ3v) is 5.86. The first-order valence-electron chi connectivity index (χ1n) is 9.37. The summed E-state index contributed by atoms with van der Waals surface area (Å²) in [6.45, 7) is 7.21. The quantitative estimate of drug-likeness (QED) is 0.656. The van der Waals surface area contributed by atoms with Crippen molar-refractivity contribution < 1.29 is 17.9 Å². The van der Waals surface area contributed by atoms with Gasteiger partial charge < -0.3 is 0 Å². The van der Waals surface area contributed by atoms with Gasteiger partial charge in [0.1, 0.15) is 4.83 Å². The molecule has 0 spiro atoms. The molecule has 2 heterocycles. The van der Waals surface area contributed by atoms with E-state index in [1.807, 2.05) is 20.8 Å². The summed E-state index contributed by atoms with van der Waals surface area (Å²) >= 11 is 1.24. The average Bonchev–Trinajstić information content (AvgIpc) is 3.33. The second kappa shape index (κ2) is 7.86. The maximum absolute atomic E-state index is 13.0. The van der Waals surface area contributed by atoms with Crippen molar-refractivity contribution in [3.8, 4) is 0 Å². The normalized spacial score (nSPS) is 15.4. The molecule has 0 amide bonds. The molecule has 2 aromatic heterocycles. The van der Waals surface area contributed by atoms with Gasteiger partial charge in [-0.2, -0.15) is 0 Å². The van der Waals surface area contributed by atoms with Crippen LogP contribution in [0.5, 0.6) is 0 Å². The molecule has 11 heteroatoms. The van der Waals surface area contributed by atoms with Crippen LogP contribution in [0.3, 0.4) is 0 Å². The molecule has 1 fully saturated rings. The van der Waals surface area contributed by atoms with E-state index < -0.39 is 18.7 Å². The summed E-state index contributed by atoms with van der Waals surface area (Å²) in [5.41, 5.74) is 5.85. The Morgan fingerprint density at radius 1 is 1.21 bits per heavy atom. The minimum atomic E-state index is -4.77. The summed E-state index contributed by atoms with van der Waals surface area (Å²) in [6.07, 6.45) is -3.34. The third-order valence-electron chi connectivity index (χ3n) is 4.55. The summed E-state index contributed by atoms with van der Waals surface area (Å²) in [7, 11) is 0. The molecule has 0 aromatic carbocycles. The first-order valence-corrected chi connectivity index (χ1v) is 10.2. The lowest BCUT2D eigenvalue weighted by atomic mass is 10.1. The molecular formula is C18H25F3N4O3S. The van der Waals surface area contributed by atoms with Crippen molar-refractivity contribution in [2.75, 3.05) is 6.61 Å². The Labute approximate surface area is 169 Å². The molecule has 2 N–H and O–H groups in total. The van der Waals surface area contributed by atoms with Gasteiger partial charge in [-0.3, -0.25) is 29.5 Å². The summed E-state index contributed by atoms with van der Waals surface area (Å²) in [5, 5.41) is 0.390. The van der Waals surface area contributed by atoms with Crippen LogP contribution in [0.2, 0.25) is 0 Å². The maximum Gasteiger partial charge on any atom is 0.522 e. The lowest BCUT2D eigenvalue weighted by Crippen LogP contribution is -2.45. The molecule has 1 aliphatic carbocycles. The zero-order chi connectivity index (χ0) is 21.6. The SMILES string of the molecule is Cc1c(CNNC(C)(C)C)sc2c1c(=O)n(C1CC1)c(=O)n2CCOC(F)(F)F. The van der Waals surface area contributed by atoms with Gasteiger partial charge in [-0.25, -0.2) is 4.79 Å². The molecule has 0 aliphatic heterocycles. The van der Waals surface area contributed by atoms with Crippen molar-refractivity contribution in [1.82, 2.24) is 20.0 Å². The molecule has 7 nitrogen and oxygen atoms in total. The maximum atomic E-state index is 13.0. The highest BCUT2D eigenvalue weighted by atomic mass is 32.1. The number of rotatable bonds is 7. The molecule has 0 saturated heterocycles. The Bertz CT molecular complexity index is 1010. The number of aryl methyl sites for hydroxylation is 1. The van der Waals surface area contributed by atoms with E-state index >= 15 is 0 Å². The van der Waals surface area contributed by atoms with Crippen LogP contribution in [-0.4, -0.2) is 27.6 Å². The molecule has 162 valence electrons. The summed E-state index contributed by atoms with van der Waals surface area (Å²) in [5.74, 6) is 0. The number of alkyl halides is 3. The molecule has 1 aliphatic rings. The second-order valence-corrected chi connectivity index (χ2v) is 9.28. The fourth-order valence-electron chi connectivity index (χ4n) is 3.07. The average molecular weight is 434 g/mol. The van der Waals surface area contributed by atoms with E-state index in [1.165, 1.54) is 20.5 Å². The van der Waals surface area contributed by atoms with Crippen LogP contribution >= 0.6 is 11.3 Å². The van der Waals surface area contributed by atoms with E-state index in [-0.39, 0.29) is 23.7 Å². The molecule has 0 atom stereocenters. The lowest BCUT2D eigenvalue weighted by molar-refractivity contribution is -0.325. The number of hydrogen-bond acceptors (Lipinski definition) is 6. The van der Waals surface area contributed by atoms with Gasteiger partial charge in [0.15, 0.2) is 0 Å². The number of nitrogens with zero attached hydrogens (tertiary/aromatic N) is 2. The number of ether oxygens (including phenoxy) is 1. The largest absolute Gasteiger partial charge is 0.522 e. The van der Waals surface area contributed by atoms with Gasteiger partial charge in [0.05, 0.1) is 18.5 Å². The van der Waals surface area contributed by atoms with E-state index in [2.05, 4.69) is 15.6 Å². The van der Waals surface area contributed by atoms with Crippen molar-refractivity contribution in [3.63, 3.8) is 0 Å². The van der Waals surface area contributed by atoms with Crippen LogP contribution in [-0.2, 0) is 17.8 Å². The minimum absolute atomic E-state index is 0.166.